The highest BCUT2D eigenvalue weighted by molar-refractivity contribution is 14.1. The van der Waals surface area contributed by atoms with Gasteiger partial charge in [-0.25, -0.2) is 0 Å². The molecule has 0 amide bonds. The van der Waals surface area contributed by atoms with E-state index in [0.29, 0.717) is 24.3 Å². The van der Waals surface area contributed by atoms with E-state index in [9.17, 15) is 18.3 Å². The molecule has 2 aliphatic rings. The van der Waals surface area contributed by atoms with Crippen molar-refractivity contribution in [2.75, 3.05) is 13.2 Å². The van der Waals surface area contributed by atoms with Crippen LogP contribution < -0.4 is 0 Å². The molecule has 1 saturated heterocycles. The molecule has 39 heavy (non-hydrogen) atoms. The van der Waals surface area contributed by atoms with Gasteiger partial charge in [-0.2, -0.15) is 13.2 Å². The number of hydrogen-bond donors (Lipinski definition) is 1. The van der Waals surface area contributed by atoms with Crippen molar-refractivity contribution in [3.63, 3.8) is 0 Å². The van der Waals surface area contributed by atoms with Crippen molar-refractivity contribution >= 4 is 30.9 Å². The number of benzene rings is 1. The van der Waals surface area contributed by atoms with Crippen molar-refractivity contribution in [1.82, 2.24) is 4.98 Å². The number of rotatable bonds is 5. The lowest BCUT2D eigenvalue weighted by Gasteiger charge is -2.53. The third-order valence-corrected chi connectivity index (χ3v) is 14.3. The number of aliphatic hydroxyl groups is 1. The molecule has 217 valence electrons. The fourth-order valence-electron chi connectivity index (χ4n) is 5.44. The predicted molar refractivity (Wildman–Crippen MR) is 158 cm³/mol. The molecule has 4 rings (SSSR count). The zero-order valence-corrected chi connectivity index (χ0v) is 27.2. The summed E-state index contributed by atoms with van der Waals surface area (Å²) < 4.78 is 53.3. The highest BCUT2D eigenvalue weighted by atomic mass is 127. The normalized spacial score (nSPS) is 21.5. The Balaban J connectivity index is 1.88. The molecule has 1 aromatic carbocycles. The Kier molecular flexibility index (Phi) is 8.73. The Bertz CT molecular complexity index is 1190. The van der Waals surface area contributed by atoms with Crippen LogP contribution in [0.25, 0.3) is 0 Å². The van der Waals surface area contributed by atoms with E-state index in [0.717, 1.165) is 58.3 Å². The third kappa shape index (κ3) is 6.57. The number of ether oxygens (including phenoxy) is 1. The molecular weight excluding hydrogens is 634 g/mol. The Morgan fingerprint density at radius 2 is 1.69 bits per heavy atom. The predicted octanol–water partition coefficient (Wildman–Crippen LogP) is 8.72. The van der Waals surface area contributed by atoms with Gasteiger partial charge in [0.25, 0.3) is 0 Å². The van der Waals surface area contributed by atoms with Crippen LogP contribution in [0.2, 0.25) is 18.1 Å². The Morgan fingerprint density at radius 3 is 2.23 bits per heavy atom. The van der Waals surface area contributed by atoms with Gasteiger partial charge in [0.2, 0.25) is 0 Å². The Hall–Kier alpha value is -1.01. The summed E-state index contributed by atoms with van der Waals surface area (Å²) in [6.45, 7) is 16.9. The van der Waals surface area contributed by atoms with E-state index >= 15 is 0 Å². The summed E-state index contributed by atoms with van der Waals surface area (Å²) in [5.74, 6) is 0.112. The molecule has 2 atom stereocenters. The van der Waals surface area contributed by atoms with E-state index < -0.39 is 26.2 Å². The average Bonchev–Trinajstić information content (AvgIpc) is 2.81. The number of aromatic nitrogens is 1. The first kappa shape index (κ1) is 30.9. The molecule has 1 aliphatic heterocycles. The largest absolute Gasteiger partial charge is 0.559 e. The summed E-state index contributed by atoms with van der Waals surface area (Å²) in [4.78, 5) is 5.27. The van der Waals surface area contributed by atoms with Crippen LogP contribution >= 0.6 is 22.6 Å². The summed E-state index contributed by atoms with van der Waals surface area (Å²) in [7, 11) is -2.14. The zero-order valence-electron chi connectivity index (χ0n) is 24.0. The van der Waals surface area contributed by atoms with Crippen LogP contribution in [-0.2, 0) is 21.8 Å². The molecule has 1 N–H and O–H groups in total. The fraction of sp³-hybridized carbons (Fsp3) is 0.633. The van der Waals surface area contributed by atoms with E-state index in [-0.39, 0.29) is 22.5 Å². The van der Waals surface area contributed by atoms with Crippen molar-refractivity contribution in [2.45, 2.75) is 103 Å². The topological polar surface area (TPSA) is 51.6 Å². The quantitative estimate of drug-likeness (QED) is 0.255. The molecule has 1 fully saturated rings. The van der Waals surface area contributed by atoms with E-state index in [1.54, 1.807) is 0 Å². The summed E-state index contributed by atoms with van der Waals surface area (Å²) in [6.07, 6.45) is -2.45. The highest BCUT2D eigenvalue weighted by Gasteiger charge is 2.40. The van der Waals surface area contributed by atoms with Crippen molar-refractivity contribution in [3.8, 4) is 0 Å². The summed E-state index contributed by atoms with van der Waals surface area (Å²) >= 11 is 2.33. The Labute approximate surface area is 245 Å². The molecule has 0 bridgehead atoms. The molecule has 0 radical (unpaired) electrons. The van der Waals surface area contributed by atoms with Crippen molar-refractivity contribution in [1.29, 1.82) is 0 Å². The minimum atomic E-state index is -4.43. The number of halogens is 4. The van der Waals surface area contributed by atoms with Crippen molar-refractivity contribution < 1.29 is 27.4 Å². The zero-order chi connectivity index (χ0) is 29.0. The number of fused-ring (bicyclic) bond motifs is 1. The molecule has 4 nitrogen and oxygen atoms in total. The van der Waals surface area contributed by atoms with E-state index in [4.69, 9.17) is 14.1 Å². The van der Waals surface area contributed by atoms with Gasteiger partial charge in [-0.1, -0.05) is 46.8 Å². The van der Waals surface area contributed by atoms with Crippen LogP contribution in [0.3, 0.4) is 0 Å². The molecule has 0 unspecified atom stereocenters. The van der Waals surface area contributed by atoms with Gasteiger partial charge in [0.1, 0.15) is 6.10 Å². The molecule has 0 saturated carbocycles. The van der Waals surface area contributed by atoms with E-state index in [2.05, 4.69) is 70.3 Å². The second kappa shape index (κ2) is 11.0. The summed E-state index contributed by atoms with van der Waals surface area (Å²) in [6, 6.07) is 4.83. The maximum Gasteiger partial charge on any atom is 0.416 e. The van der Waals surface area contributed by atoms with Gasteiger partial charge in [-0.05, 0) is 79.7 Å². The van der Waals surface area contributed by atoms with Gasteiger partial charge < -0.3 is 14.3 Å². The second-order valence-corrected chi connectivity index (χ2v) is 19.2. The van der Waals surface area contributed by atoms with Crippen LogP contribution in [0.5, 0.6) is 0 Å². The smallest absolute Gasteiger partial charge is 0.416 e. The van der Waals surface area contributed by atoms with Gasteiger partial charge in [-0.15, -0.1) is 18.1 Å². The van der Waals surface area contributed by atoms with E-state index in [1.807, 2.05) is 0 Å². The first-order chi connectivity index (χ1) is 17.9. The van der Waals surface area contributed by atoms with Crippen molar-refractivity contribution in [2.24, 2.45) is 5.41 Å². The SMILES string of the molecule is CC1(C)Cc2nc(C3CCOCC3)c([C@H](O)c3ccc(C(F)(F)F)cc3)c(I)c2[C@@H](O[Si-](C)(C)C(C)(C)C)C1. The minimum absolute atomic E-state index is 0.00336. The monoisotopic (exact) mass is 675 g/mol. The van der Waals surface area contributed by atoms with Gasteiger partial charge in [-0.3, -0.25) is 4.98 Å². The number of aliphatic hydroxyl groups excluding tert-OH is 1. The molecule has 9 heteroatoms. The maximum atomic E-state index is 13.2. The lowest BCUT2D eigenvalue weighted by atomic mass is 9.74. The van der Waals surface area contributed by atoms with E-state index in [1.165, 1.54) is 12.1 Å². The number of alkyl halides is 3. The van der Waals surface area contributed by atoms with Gasteiger partial charge in [0.05, 0.1) is 11.3 Å². The standard InChI is InChI=1S/C30H41F3INO3Si/c1-28(2,3)39(6,7)38-22-17-29(4,5)16-21-23(22)25(34)24(26(35-21)18-12-14-37-15-13-18)27(36)19-8-10-20(11-9-19)30(31,32)33/h8-11,18,22,27,36H,12-17H2,1-7H3/q-1/t22-,27+/m0/s1. The molecule has 0 spiro atoms. The lowest BCUT2D eigenvalue weighted by molar-refractivity contribution is -0.137. The van der Waals surface area contributed by atoms with Crippen LogP contribution in [0.4, 0.5) is 13.2 Å². The van der Waals surface area contributed by atoms with Crippen LogP contribution in [0.1, 0.15) is 106 Å². The first-order valence-electron chi connectivity index (χ1n) is 13.7. The molecule has 2 heterocycles. The van der Waals surface area contributed by atoms with Crippen LogP contribution in [0.15, 0.2) is 24.3 Å². The van der Waals surface area contributed by atoms with Gasteiger partial charge in [0.15, 0.2) is 0 Å². The number of nitrogens with zero attached hydrogens (tertiary/aromatic N) is 1. The van der Waals surface area contributed by atoms with Crippen LogP contribution in [-0.4, -0.2) is 31.6 Å². The maximum absolute atomic E-state index is 13.2. The summed E-state index contributed by atoms with van der Waals surface area (Å²) in [5, 5.41) is 11.8. The average molecular weight is 676 g/mol. The third-order valence-electron chi connectivity index (χ3n) is 8.70. The number of hydrogen-bond acceptors (Lipinski definition) is 4. The highest BCUT2D eigenvalue weighted by Crippen LogP contribution is 2.50. The molecule has 1 aromatic heterocycles. The lowest BCUT2D eigenvalue weighted by Crippen LogP contribution is -2.44. The molecule has 1 aliphatic carbocycles. The molecular formula is C30H41F3INO3Si-. The van der Waals surface area contributed by atoms with Crippen LogP contribution in [0, 0.1) is 8.99 Å². The summed E-state index contributed by atoms with van der Waals surface area (Å²) in [5.41, 5.74) is 3.29. The first-order valence-corrected chi connectivity index (χ1v) is 17.7. The Morgan fingerprint density at radius 1 is 1.10 bits per heavy atom. The second-order valence-electron chi connectivity index (χ2n) is 13.4. The van der Waals surface area contributed by atoms with Gasteiger partial charge >= 0.3 is 6.18 Å². The van der Waals surface area contributed by atoms with Crippen molar-refractivity contribution in [3.05, 3.63) is 61.5 Å². The molecule has 2 aromatic rings. The van der Waals surface area contributed by atoms with Gasteiger partial charge in [0, 0.05) is 45.6 Å². The fourth-order valence-corrected chi connectivity index (χ4v) is 7.93. The minimum Gasteiger partial charge on any atom is -0.559 e. The number of pyridine rings is 1.